The minimum Gasteiger partial charge on any atom is -0.507 e. The number of carbonyl (C=O) groups excluding carboxylic acids is 2. The van der Waals surface area contributed by atoms with Gasteiger partial charge in [-0.1, -0.05) is 43.5 Å². The van der Waals surface area contributed by atoms with Crippen molar-refractivity contribution < 1.29 is 24.2 Å². The molecule has 1 saturated heterocycles. The first kappa shape index (κ1) is 24.6. The van der Waals surface area contributed by atoms with E-state index in [1.807, 2.05) is 26.0 Å². The first-order valence-electron chi connectivity index (χ1n) is 11.2. The van der Waals surface area contributed by atoms with E-state index in [0.717, 1.165) is 19.3 Å². The van der Waals surface area contributed by atoms with E-state index in [2.05, 4.69) is 6.92 Å². The lowest BCUT2D eigenvalue weighted by atomic mass is 9.95. The minimum absolute atomic E-state index is 0.0178. The van der Waals surface area contributed by atoms with Crippen LogP contribution in [0.25, 0.3) is 5.76 Å². The van der Waals surface area contributed by atoms with Crippen molar-refractivity contribution in [2.75, 3.05) is 13.7 Å². The molecule has 1 aliphatic rings. The van der Waals surface area contributed by atoms with Gasteiger partial charge in [0.15, 0.2) is 0 Å². The molecule has 0 spiro atoms. The Morgan fingerprint density at radius 3 is 2.36 bits per heavy atom. The number of benzene rings is 2. The molecule has 1 atom stereocenters. The van der Waals surface area contributed by atoms with E-state index in [-0.39, 0.29) is 28.0 Å². The number of rotatable bonds is 9. The minimum atomic E-state index is -0.726. The standard InChI is InChI=1S/C26H30ClNO5/c1-5-6-7-14-28-23(17-8-10-18(11-9-17)33-16(2)3)22(25(30)26(28)31)24(29)20-15-19(32-4)12-13-21(20)27/h8-13,15-16,23,29H,5-7,14H2,1-4H3/b24-22+. The Labute approximate surface area is 199 Å². The number of likely N-dealkylation sites (tertiary alicyclic amines) is 1. The van der Waals surface area contributed by atoms with Gasteiger partial charge in [-0.15, -0.1) is 0 Å². The third-order valence-electron chi connectivity index (χ3n) is 5.54. The number of nitrogens with zero attached hydrogens (tertiary/aromatic N) is 1. The van der Waals surface area contributed by atoms with Crippen LogP contribution in [0.5, 0.6) is 11.5 Å². The normalized spacial score (nSPS) is 17.6. The number of ether oxygens (including phenoxy) is 2. The molecule has 0 saturated carbocycles. The van der Waals surface area contributed by atoms with E-state index in [4.69, 9.17) is 21.1 Å². The first-order chi connectivity index (χ1) is 15.8. The largest absolute Gasteiger partial charge is 0.507 e. The molecule has 176 valence electrons. The molecule has 1 aliphatic heterocycles. The van der Waals surface area contributed by atoms with Crippen LogP contribution < -0.4 is 9.47 Å². The van der Waals surface area contributed by atoms with Crippen LogP contribution in [-0.2, 0) is 9.59 Å². The number of aliphatic hydroxyl groups is 1. The lowest BCUT2D eigenvalue weighted by Gasteiger charge is -2.25. The van der Waals surface area contributed by atoms with Gasteiger partial charge in [-0.2, -0.15) is 0 Å². The van der Waals surface area contributed by atoms with Crippen molar-refractivity contribution in [3.8, 4) is 11.5 Å². The summed E-state index contributed by atoms with van der Waals surface area (Å²) in [5.74, 6) is -0.505. The third kappa shape index (κ3) is 5.33. The Balaban J connectivity index is 2.12. The van der Waals surface area contributed by atoms with Crippen molar-refractivity contribution in [2.45, 2.75) is 52.2 Å². The van der Waals surface area contributed by atoms with Gasteiger partial charge in [-0.05, 0) is 56.2 Å². The number of unbranched alkanes of at least 4 members (excludes halogenated alkanes) is 2. The number of hydrogen-bond donors (Lipinski definition) is 1. The summed E-state index contributed by atoms with van der Waals surface area (Å²) in [6, 6.07) is 11.3. The summed E-state index contributed by atoms with van der Waals surface area (Å²) in [7, 11) is 1.50. The van der Waals surface area contributed by atoms with E-state index in [1.165, 1.54) is 12.0 Å². The van der Waals surface area contributed by atoms with Crippen LogP contribution in [0.4, 0.5) is 0 Å². The van der Waals surface area contributed by atoms with Gasteiger partial charge < -0.3 is 19.5 Å². The van der Waals surface area contributed by atoms with Crippen molar-refractivity contribution in [2.24, 2.45) is 0 Å². The highest BCUT2D eigenvalue weighted by atomic mass is 35.5. The summed E-state index contributed by atoms with van der Waals surface area (Å²) in [5, 5.41) is 11.5. The molecule has 0 aliphatic carbocycles. The average Bonchev–Trinajstić information content (AvgIpc) is 3.04. The number of methoxy groups -OCH3 is 1. The van der Waals surface area contributed by atoms with Crippen molar-refractivity contribution in [1.29, 1.82) is 0 Å². The number of halogens is 1. The maximum absolute atomic E-state index is 13.1. The van der Waals surface area contributed by atoms with E-state index in [1.54, 1.807) is 30.3 Å². The van der Waals surface area contributed by atoms with Crippen molar-refractivity contribution in [3.05, 3.63) is 64.2 Å². The highest BCUT2D eigenvalue weighted by molar-refractivity contribution is 6.47. The molecule has 1 amide bonds. The molecule has 1 N–H and O–H groups in total. The smallest absolute Gasteiger partial charge is 0.295 e. The van der Waals surface area contributed by atoms with Crippen molar-refractivity contribution >= 4 is 29.1 Å². The molecule has 2 aromatic rings. The Morgan fingerprint density at radius 1 is 1.09 bits per heavy atom. The monoisotopic (exact) mass is 471 g/mol. The molecule has 1 unspecified atom stereocenters. The predicted molar refractivity (Wildman–Crippen MR) is 129 cm³/mol. The van der Waals surface area contributed by atoms with Gasteiger partial charge in [0.2, 0.25) is 0 Å². The van der Waals surface area contributed by atoms with Crippen LogP contribution in [0.2, 0.25) is 5.02 Å². The lowest BCUT2D eigenvalue weighted by Crippen LogP contribution is -2.30. The molecular formula is C26H30ClNO5. The van der Waals surface area contributed by atoms with Gasteiger partial charge in [-0.3, -0.25) is 9.59 Å². The zero-order chi connectivity index (χ0) is 24.1. The van der Waals surface area contributed by atoms with Crippen LogP contribution in [0.15, 0.2) is 48.0 Å². The highest BCUT2D eigenvalue weighted by Crippen LogP contribution is 2.41. The second-order valence-electron chi connectivity index (χ2n) is 8.28. The van der Waals surface area contributed by atoms with Gasteiger partial charge in [0.05, 0.1) is 29.9 Å². The Bertz CT molecular complexity index is 1050. The first-order valence-corrected chi connectivity index (χ1v) is 11.5. The quantitative estimate of drug-likeness (QED) is 0.218. The van der Waals surface area contributed by atoms with Crippen LogP contribution in [0.1, 0.15) is 57.2 Å². The molecule has 0 aromatic heterocycles. The Kier molecular flexibility index (Phi) is 8.03. The molecule has 1 heterocycles. The van der Waals surface area contributed by atoms with Gasteiger partial charge >= 0.3 is 0 Å². The predicted octanol–water partition coefficient (Wildman–Crippen LogP) is 5.75. The van der Waals surface area contributed by atoms with Crippen LogP contribution >= 0.6 is 11.6 Å². The molecule has 3 rings (SSSR count). The fraction of sp³-hybridized carbons (Fsp3) is 0.385. The van der Waals surface area contributed by atoms with E-state index >= 15 is 0 Å². The van der Waals surface area contributed by atoms with E-state index in [9.17, 15) is 14.7 Å². The molecule has 0 bridgehead atoms. The number of hydrogen-bond acceptors (Lipinski definition) is 5. The molecule has 1 fully saturated rings. The van der Waals surface area contributed by atoms with Gasteiger partial charge in [0.25, 0.3) is 11.7 Å². The maximum Gasteiger partial charge on any atom is 0.295 e. The molecule has 7 heteroatoms. The Morgan fingerprint density at radius 2 is 1.76 bits per heavy atom. The number of amides is 1. The van der Waals surface area contributed by atoms with Gasteiger partial charge in [0, 0.05) is 12.1 Å². The van der Waals surface area contributed by atoms with Gasteiger partial charge in [0.1, 0.15) is 17.3 Å². The fourth-order valence-electron chi connectivity index (χ4n) is 3.95. The molecular weight excluding hydrogens is 442 g/mol. The third-order valence-corrected chi connectivity index (χ3v) is 5.87. The second-order valence-corrected chi connectivity index (χ2v) is 8.69. The van der Waals surface area contributed by atoms with E-state index < -0.39 is 17.7 Å². The summed E-state index contributed by atoms with van der Waals surface area (Å²) < 4.78 is 11.0. The Hall–Kier alpha value is -2.99. The number of ketones is 1. The summed E-state index contributed by atoms with van der Waals surface area (Å²) in [6.07, 6.45) is 2.69. The number of Topliss-reactive ketones (excluding diaryl/α,β-unsaturated/α-hetero) is 1. The van der Waals surface area contributed by atoms with Crippen LogP contribution in [0, 0.1) is 0 Å². The number of carbonyl (C=O) groups is 2. The average molecular weight is 472 g/mol. The molecule has 0 radical (unpaired) electrons. The molecule has 6 nitrogen and oxygen atoms in total. The van der Waals surface area contributed by atoms with Crippen LogP contribution in [-0.4, -0.2) is 41.5 Å². The summed E-state index contributed by atoms with van der Waals surface area (Å²) in [5.41, 5.74) is 0.971. The molecule has 2 aromatic carbocycles. The van der Waals surface area contributed by atoms with Crippen molar-refractivity contribution in [3.63, 3.8) is 0 Å². The zero-order valence-corrected chi connectivity index (χ0v) is 20.2. The summed E-state index contributed by atoms with van der Waals surface area (Å²) >= 11 is 6.34. The SMILES string of the molecule is CCCCCN1C(=O)C(=O)/C(=C(/O)c2cc(OC)ccc2Cl)C1c1ccc(OC(C)C)cc1. The van der Waals surface area contributed by atoms with E-state index in [0.29, 0.717) is 23.6 Å². The second kappa shape index (κ2) is 10.8. The lowest BCUT2D eigenvalue weighted by molar-refractivity contribution is -0.139. The maximum atomic E-state index is 13.1. The molecule has 33 heavy (non-hydrogen) atoms. The van der Waals surface area contributed by atoms with Crippen molar-refractivity contribution in [1.82, 2.24) is 4.90 Å². The zero-order valence-electron chi connectivity index (χ0n) is 19.4. The van der Waals surface area contributed by atoms with Crippen LogP contribution in [0.3, 0.4) is 0 Å². The number of aliphatic hydroxyl groups excluding tert-OH is 1. The highest BCUT2D eigenvalue weighted by Gasteiger charge is 2.46. The van der Waals surface area contributed by atoms with Gasteiger partial charge in [-0.25, -0.2) is 0 Å². The summed E-state index contributed by atoms with van der Waals surface area (Å²) in [4.78, 5) is 27.7. The topological polar surface area (TPSA) is 76.1 Å². The summed E-state index contributed by atoms with van der Waals surface area (Å²) in [6.45, 7) is 6.36. The fourth-order valence-corrected chi connectivity index (χ4v) is 4.16.